The molecular weight excluding hydrogens is 538 g/mol. The van der Waals surface area contributed by atoms with Crippen molar-refractivity contribution in [2.45, 2.75) is 6.92 Å². The standard InChI is InChI=1S/C19H17OP.C18H15OP/c1-16-9-8-14-19(15-16)21(20,17-10-4-2-5-11-17)18-12-6-3-7-13-18;19-20(16-10-4-1-5-11-16,17-12-6-2-7-13-17)18-14-8-3-9-15-18/h2-15H,1H3;1-15H. The van der Waals surface area contributed by atoms with Gasteiger partial charge in [0.15, 0.2) is 14.3 Å². The molecule has 4 heteroatoms. The molecular formula is C37H32O2P2. The average molecular weight is 571 g/mol. The monoisotopic (exact) mass is 570 g/mol. The van der Waals surface area contributed by atoms with Gasteiger partial charge in [0.2, 0.25) is 0 Å². The van der Waals surface area contributed by atoms with Crippen molar-refractivity contribution in [2.75, 3.05) is 0 Å². The number of benzene rings is 6. The van der Waals surface area contributed by atoms with E-state index in [4.69, 9.17) is 0 Å². The highest BCUT2D eigenvalue weighted by Crippen LogP contribution is 2.43. The average Bonchev–Trinajstić information content (AvgIpc) is 3.06. The molecule has 0 saturated heterocycles. The first-order chi connectivity index (χ1) is 20.0. The van der Waals surface area contributed by atoms with Gasteiger partial charge in [-0.15, -0.1) is 0 Å². The molecule has 6 aromatic carbocycles. The van der Waals surface area contributed by atoms with Gasteiger partial charge in [-0.25, -0.2) is 0 Å². The highest BCUT2D eigenvalue weighted by Gasteiger charge is 2.30. The van der Waals surface area contributed by atoms with E-state index in [1.165, 1.54) is 0 Å². The smallest absolute Gasteiger partial charge is 0.171 e. The van der Waals surface area contributed by atoms with Crippen molar-refractivity contribution in [2.24, 2.45) is 0 Å². The summed E-state index contributed by atoms with van der Waals surface area (Å²) >= 11 is 0. The molecule has 6 aromatic rings. The fraction of sp³-hybridized carbons (Fsp3) is 0.0270. The molecule has 0 N–H and O–H groups in total. The van der Waals surface area contributed by atoms with Crippen molar-refractivity contribution in [3.05, 3.63) is 181 Å². The fourth-order valence-electron chi connectivity index (χ4n) is 4.91. The SMILES string of the molecule is Cc1cccc(P(=O)(c2ccccc2)c2ccccc2)c1.O=P(c1ccccc1)(c1ccccc1)c1ccccc1. The van der Waals surface area contributed by atoms with Gasteiger partial charge in [0.25, 0.3) is 0 Å². The third-order valence-electron chi connectivity index (χ3n) is 6.96. The molecule has 0 aromatic heterocycles. The van der Waals surface area contributed by atoms with Gasteiger partial charge < -0.3 is 9.13 Å². The summed E-state index contributed by atoms with van der Waals surface area (Å²) in [6, 6.07) is 56.7. The fourth-order valence-corrected chi connectivity index (χ4v) is 10.3. The maximum atomic E-state index is 14.0. The summed E-state index contributed by atoms with van der Waals surface area (Å²) in [4.78, 5) is 0. The van der Waals surface area contributed by atoms with Crippen LogP contribution in [0.4, 0.5) is 0 Å². The van der Waals surface area contributed by atoms with Gasteiger partial charge >= 0.3 is 0 Å². The van der Waals surface area contributed by atoms with Crippen LogP contribution in [0.2, 0.25) is 0 Å². The molecule has 202 valence electrons. The predicted octanol–water partition coefficient (Wildman–Crippen LogP) is 6.96. The van der Waals surface area contributed by atoms with Crippen LogP contribution in [0.5, 0.6) is 0 Å². The summed E-state index contributed by atoms with van der Waals surface area (Å²) in [5.74, 6) is 0. The van der Waals surface area contributed by atoms with E-state index in [1.807, 2.05) is 183 Å². The van der Waals surface area contributed by atoms with Crippen LogP contribution < -0.4 is 31.8 Å². The number of hydrogen-bond acceptors (Lipinski definition) is 2. The minimum Gasteiger partial charge on any atom is -0.309 e. The van der Waals surface area contributed by atoms with E-state index in [2.05, 4.69) is 0 Å². The van der Waals surface area contributed by atoms with Crippen molar-refractivity contribution in [1.29, 1.82) is 0 Å². The molecule has 0 radical (unpaired) electrons. The molecule has 0 heterocycles. The van der Waals surface area contributed by atoms with Crippen molar-refractivity contribution in [3.63, 3.8) is 0 Å². The topological polar surface area (TPSA) is 34.1 Å². The molecule has 0 atom stereocenters. The molecule has 0 aliphatic carbocycles. The van der Waals surface area contributed by atoms with Crippen LogP contribution in [0.1, 0.15) is 5.56 Å². The quantitative estimate of drug-likeness (QED) is 0.203. The van der Waals surface area contributed by atoms with Crippen LogP contribution in [-0.4, -0.2) is 0 Å². The van der Waals surface area contributed by atoms with Crippen LogP contribution in [0, 0.1) is 6.92 Å². The lowest BCUT2D eigenvalue weighted by Gasteiger charge is -2.20. The molecule has 0 bridgehead atoms. The van der Waals surface area contributed by atoms with E-state index in [0.717, 1.165) is 37.4 Å². The molecule has 0 aliphatic rings. The highest BCUT2D eigenvalue weighted by molar-refractivity contribution is 7.85. The summed E-state index contributed by atoms with van der Waals surface area (Å²) in [7, 11) is -5.58. The Hall–Kier alpha value is -4.22. The van der Waals surface area contributed by atoms with Gasteiger partial charge in [0, 0.05) is 31.8 Å². The van der Waals surface area contributed by atoms with E-state index < -0.39 is 14.3 Å². The first-order valence-corrected chi connectivity index (χ1v) is 17.0. The second kappa shape index (κ2) is 13.0. The molecule has 2 nitrogen and oxygen atoms in total. The Kier molecular flexibility index (Phi) is 8.95. The minimum atomic E-state index is -2.80. The van der Waals surface area contributed by atoms with Gasteiger partial charge in [0.1, 0.15) is 0 Å². The van der Waals surface area contributed by atoms with E-state index in [1.54, 1.807) is 0 Å². The van der Waals surface area contributed by atoms with E-state index in [9.17, 15) is 9.13 Å². The number of rotatable bonds is 6. The molecule has 0 spiro atoms. The lowest BCUT2D eigenvalue weighted by atomic mass is 10.2. The van der Waals surface area contributed by atoms with E-state index >= 15 is 0 Å². The lowest BCUT2D eigenvalue weighted by Crippen LogP contribution is -2.25. The first-order valence-electron chi connectivity index (χ1n) is 13.6. The summed E-state index contributed by atoms with van der Waals surface area (Å²) in [5.41, 5.74) is 1.12. The normalized spacial score (nSPS) is 11.2. The zero-order chi connectivity index (χ0) is 28.5. The van der Waals surface area contributed by atoms with Crippen LogP contribution in [0.3, 0.4) is 0 Å². The summed E-state index contributed by atoms with van der Waals surface area (Å²) in [5, 5.41) is 5.26. The third kappa shape index (κ3) is 6.10. The Bertz CT molecular complexity index is 1620. The van der Waals surface area contributed by atoms with Crippen LogP contribution in [0.15, 0.2) is 176 Å². The van der Waals surface area contributed by atoms with Crippen molar-refractivity contribution >= 4 is 46.1 Å². The molecule has 0 aliphatic heterocycles. The van der Waals surface area contributed by atoms with Gasteiger partial charge in [-0.1, -0.05) is 175 Å². The maximum absolute atomic E-state index is 14.0. The Labute approximate surface area is 243 Å². The van der Waals surface area contributed by atoms with Gasteiger partial charge in [0.05, 0.1) is 0 Å². The molecule has 0 amide bonds. The van der Waals surface area contributed by atoms with Crippen molar-refractivity contribution in [3.8, 4) is 0 Å². The molecule has 0 unspecified atom stereocenters. The molecule has 6 rings (SSSR count). The highest BCUT2D eigenvalue weighted by atomic mass is 31.2. The summed E-state index contributed by atoms with van der Waals surface area (Å²) < 4.78 is 27.8. The van der Waals surface area contributed by atoms with Crippen LogP contribution in [0.25, 0.3) is 0 Å². The maximum Gasteiger partial charge on any atom is 0.171 e. The summed E-state index contributed by atoms with van der Waals surface area (Å²) in [6.07, 6.45) is 0. The van der Waals surface area contributed by atoms with Gasteiger partial charge in [-0.05, 0) is 13.0 Å². The van der Waals surface area contributed by atoms with Crippen LogP contribution in [-0.2, 0) is 9.13 Å². The second-order valence-electron chi connectivity index (χ2n) is 9.74. The molecule has 0 saturated carbocycles. The molecule has 41 heavy (non-hydrogen) atoms. The predicted molar refractivity (Wildman–Crippen MR) is 176 cm³/mol. The minimum absolute atomic E-state index is 0.873. The Balaban J connectivity index is 0.000000165. The zero-order valence-electron chi connectivity index (χ0n) is 23.0. The number of aryl methyl sites for hydroxylation is 1. The molecule has 0 fully saturated rings. The Morgan fingerprint density at radius 3 is 0.829 bits per heavy atom. The van der Waals surface area contributed by atoms with Crippen LogP contribution >= 0.6 is 14.3 Å². The Morgan fingerprint density at radius 1 is 0.317 bits per heavy atom. The largest absolute Gasteiger partial charge is 0.309 e. The second-order valence-corrected chi connectivity index (χ2v) is 15.3. The van der Waals surface area contributed by atoms with Gasteiger partial charge in [-0.3, -0.25) is 0 Å². The van der Waals surface area contributed by atoms with E-state index in [-0.39, 0.29) is 0 Å². The van der Waals surface area contributed by atoms with Crippen molar-refractivity contribution in [1.82, 2.24) is 0 Å². The zero-order valence-corrected chi connectivity index (χ0v) is 24.7. The van der Waals surface area contributed by atoms with Crippen molar-refractivity contribution < 1.29 is 9.13 Å². The third-order valence-corrected chi connectivity index (χ3v) is 13.1. The lowest BCUT2D eigenvalue weighted by molar-refractivity contribution is 0.591. The first kappa shape index (κ1) is 28.3. The Morgan fingerprint density at radius 2 is 0.561 bits per heavy atom. The van der Waals surface area contributed by atoms with E-state index in [0.29, 0.717) is 0 Å². The number of hydrogen-bond donors (Lipinski definition) is 0. The van der Waals surface area contributed by atoms with Gasteiger partial charge in [-0.2, -0.15) is 0 Å². The summed E-state index contributed by atoms with van der Waals surface area (Å²) in [6.45, 7) is 2.03.